The summed E-state index contributed by atoms with van der Waals surface area (Å²) in [4.78, 5) is 4.43. The SMILES string of the molecule is COc1cccc(S(=O)(=O)NCc2cc(-c3ccccn3)n(C)n2)c1. The first-order valence-electron chi connectivity index (χ1n) is 7.57. The van der Waals surface area contributed by atoms with E-state index in [1.807, 2.05) is 24.3 Å². The van der Waals surface area contributed by atoms with Crippen molar-refractivity contribution < 1.29 is 13.2 Å². The van der Waals surface area contributed by atoms with Crippen molar-refractivity contribution in [2.45, 2.75) is 11.4 Å². The second-order valence-electron chi connectivity index (χ2n) is 5.36. The summed E-state index contributed by atoms with van der Waals surface area (Å²) < 4.78 is 34.1. The Kier molecular flexibility index (Phi) is 4.82. The maximum absolute atomic E-state index is 12.4. The molecule has 0 fully saturated rings. The summed E-state index contributed by atoms with van der Waals surface area (Å²) in [6.07, 6.45) is 1.70. The first kappa shape index (κ1) is 17.1. The van der Waals surface area contributed by atoms with E-state index in [4.69, 9.17) is 4.74 Å². The van der Waals surface area contributed by atoms with Crippen molar-refractivity contribution in [3.05, 3.63) is 60.4 Å². The van der Waals surface area contributed by atoms with E-state index in [0.717, 1.165) is 11.4 Å². The Morgan fingerprint density at radius 2 is 2.00 bits per heavy atom. The predicted octanol–water partition coefficient (Wildman–Crippen LogP) is 1.97. The molecule has 0 saturated heterocycles. The first-order valence-corrected chi connectivity index (χ1v) is 9.06. The number of rotatable bonds is 6. The molecule has 1 N–H and O–H groups in total. The van der Waals surface area contributed by atoms with Gasteiger partial charge in [0.05, 0.1) is 35.6 Å². The van der Waals surface area contributed by atoms with Crippen LogP contribution in [0.1, 0.15) is 5.69 Å². The third-order valence-electron chi connectivity index (χ3n) is 3.65. The van der Waals surface area contributed by atoms with Crippen LogP contribution < -0.4 is 9.46 Å². The fraction of sp³-hybridized carbons (Fsp3) is 0.176. The van der Waals surface area contributed by atoms with Crippen LogP contribution in [0.25, 0.3) is 11.4 Å². The Morgan fingerprint density at radius 3 is 2.72 bits per heavy atom. The Morgan fingerprint density at radius 1 is 1.16 bits per heavy atom. The zero-order valence-corrected chi connectivity index (χ0v) is 14.7. The second kappa shape index (κ2) is 7.04. The Hall–Kier alpha value is -2.71. The van der Waals surface area contributed by atoms with Crippen molar-refractivity contribution in [3.63, 3.8) is 0 Å². The third kappa shape index (κ3) is 3.86. The van der Waals surface area contributed by atoms with Crippen molar-refractivity contribution in [2.24, 2.45) is 7.05 Å². The largest absolute Gasteiger partial charge is 0.497 e. The molecule has 8 heteroatoms. The monoisotopic (exact) mass is 358 g/mol. The molecule has 25 heavy (non-hydrogen) atoms. The molecular formula is C17H18N4O3S. The van der Waals surface area contributed by atoms with Crippen LogP contribution in [-0.2, 0) is 23.6 Å². The van der Waals surface area contributed by atoms with E-state index in [-0.39, 0.29) is 11.4 Å². The van der Waals surface area contributed by atoms with Gasteiger partial charge in [0.25, 0.3) is 0 Å². The quantitative estimate of drug-likeness (QED) is 0.728. The number of nitrogens with zero attached hydrogens (tertiary/aromatic N) is 3. The first-order chi connectivity index (χ1) is 12.0. The average molecular weight is 358 g/mol. The van der Waals surface area contributed by atoms with Gasteiger partial charge in [-0.3, -0.25) is 9.67 Å². The highest BCUT2D eigenvalue weighted by Gasteiger charge is 2.16. The number of pyridine rings is 1. The van der Waals surface area contributed by atoms with Crippen molar-refractivity contribution in [1.29, 1.82) is 0 Å². The number of sulfonamides is 1. The molecular weight excluding hydrogens is 340 g/mol. The van der Waals surface area contributed by atoms with Crippen LogP contribution in [0.5, 0.6) is 5.75 Å². The van der Waals surface area contributed by atoms with Gasteiger partial charge in [-0.15, -0.1) is 0 Å². The molecule has 0 bridgehead atoms. The lowest BCUT2D eigenvalue weighted by atomic mass is 10.2. The summed E-state index contributed by atoms with van der Waals surface area (Å²) in [6.45, 7) is 0.0835. The number of ether oxygens (including phenoxy) is 1. The molecule has 2 heterocycles. The maximum Gasteiger partial charge on any atom is 0.241 e. The van der Waals surface area contributed by atoms with Gasteiger partial charge in [0.1, 0.15) is 5.75 Å². The smallest absolute Gasteiger partial charge is 0.241 e. The number of hydrogen-bond donors (Lipinski definition) is 1. The number of hydrogen-bond acceptors (Lipinski definition) is 5. The lowest BCUT2D eigenvalue weighted by molar-refractivity contribution is 0.413. The van der Waals surface area contributed by atoms with Crippen molar-refractivity contribution in [1.82, 2.24) is 19.5 Å². The van der Waals surface area contributed by atoms with Crippen molar-refractivity contribution in [2.75, 3.05) is 7.11 Å². The minimum Gasteiger partial charge on any atom is -0.497 e. The molecule has 0 radical (unpaired) electrons. The Bertz CT molecular complexity index is 969. The number of aryl methyl sites for hydroxylation is 1. The van der Waals surface area contributed by atoms with Gasteiger partial charge in [-0.2, -0.15) is 5.10 Å². The highest BCUT2D eigenvalue weighted by molar-refractivity contribution is 7.89. The van der Waals surface area contributed by atoms with Crippen LogP contribution in [0.3, 0.4) is 0 Å². The van der Waals surface area contributed by atoms with E-state index in [2.05, 4.69) is 14.8 Å². The average Bonchev–Trinajstić information content (AvgIpc) is 3.02. The van der Waals surface area contributed by atoms with Crippen LogP contribution in [0.4, 0.5) is 0 Å². The standard InChI is InChI=1S/C17H18N4O3S/c1-21-17(16-8-3-4-9-18-16)10-13(20-21)12-19-25(22,23)15-7-5-6-14(11-15)24-2/h3-11,19H,12H2,1-2H3. The number of nitrogens with one attached hydrogen (secondary N) is 1. The van der Waals surface area contributed by atoms with Crippen LogP contribution >= 0.6 is 0 Å². The van der Waals surface area contributed by atoms with E-state index in [9.17, 15) is 8.42 Å². The van der Waals surface area contributed by atoms with Gasteiger partial charge in [-0.25, -0.2) is 13.1 Å². The van der Waals surface area contributed by atoms with Gasteiger partial charge in [-0.1, -0.05) is 12.1 Å². The van der Waals surface area contributed by atoms with Crippen LogP contribution in [0.15, 0.2) is 59.6 Å². The van der Waals surface area contributed by atoms with Crippen LogP contribution in [-0.4, -0.2) is 30.3 Å². The minimum atomic E-state index is -3.65. The molecule has 1 aromatic carbocycles. The lowest BCUT2D eigenvalue weighted by Gasteiger charge is -2.07. The molecule has 0 aliphatic carbocycles. The molecule has 3 aromatic rings. The number of methoxy groups -OCH3 is 1. The summed E-state index contributed by atoms with van der Waals surface area (Å²) in [7, 11) is -0.366. The van der Waals surface area contributed by atoms with Crippen molar-refractivity contribution in [3.8, 4) is 17.1 Å². The third-order valence-corrected chi connectivity index (χ3v) is 5.05. The highest BCUT2D eigenvalue weighted by Crippen LogP contribution is 2.19. The van der Waals surface area contributed by atoms with Gasteiger partial charge < -0.3 is 4.74 Å². The van der Waals surface area contributed by atoms with Gasteiger partial charge in [0.15, 0.2) is 0 Å². The highest BCUT2D eigenvalue weighted by atomic mass is 32.2. The molecule has 0 unspecified atom stereocenters. The lowest BCUT2D eigenvalue weighted by Crippen LogP contribution is -2.23. The second-order valence-corrected chi connectivity index (χ2v) is 7.13. The van der Waals surface area contributed by atoms with Gasteiger partial charge in [0, 0.05) is 19.3 Å². The molecule has 130 valence electrons. The van der Waals surface area contributed by atoms with Gasteiger partial charge in [-0.05, 0) is 30.3 Å². The van der Waals surface area contributed by atoms with E-state index in [1.54, 1.807) is 30.1 Å². The fourth-order valence-corrected chi connectivity index (χ4v) is 3.42. The zero-order valence-electron chi connectivity index (χ0n) is 13.9. The molecule has 0 aliphatic rings. The van der Waals surface area contributed by atoms with Crippen LogP contribution in [0.2, 0.25) is 0 Å². The molecule has 0 saturated carbocycles. The van der Waals surface area contributed by atoms with E-state index < -0.39 is 10.0 Å². The normalized spacial score (nSPS) is 11.4. The summed E-state index contributed by atoms with van der Waals surface area (Å²) >= 11 is 0. The van der Waals surface area contributed by atoms with Gasteiger partial charge in [0.2, 0.25) is 10.0 Å². The molecule has 0 atom stereocenters. The molecule has 3 rings (SSSR count). The zero-order chi connectivity index (χ0) is 17.9. The molecule has 2 aromatic heterocycles. The topological polar surface area (TPSA) is 86.1 Å². The summed E-state index contributed by atoms with van der Waals surface area (Å²) in [6, 6.07) is 13.7. The molecule has 7 nitrogen and oxygen atoms in total. The Labute approximate surface area is 146 Å². The summed E-state index contributed by atoms with van der Waals surface area (Å²) in [5.41, 5.74) is 2.20. The molecule has 0 amide bonds. The number of aromatic nitrogens is 3. The van der Waals surface area contributed by atoms with E-state index in [0.29, 0.717) is 11.4 Å². The number of benzene rings is 1. The van der Waals surface area contributed by atoms with Gasteiger partial charge >= 0.3 is 0 Å². The van der Waals surface area contributed by atoms with E-state index >= 15 is 0 Å². The molecule has 0 spiro atoms. The minimum absolute atomic E-state index is 0.0835. The van der Waals surface area contributed by atoms with E-state index in [1.165, 1.54) is 19.2 Å². The fourth-order valence-electron chi connectivity index (χ4n) is 2.39. The summed E-state index contributed by atoms with van der Waals surface area (Å²) in [5, 5.41) is 4.34. The predicted molar refractivity (Wildman–Crippen MR) is 93.5 cm³/mol. The molecule has 0 aliphatic heterocycles. The maximum atomic E-state index is 12.4. The summed E-state index contributed by atoms with van der Waals surface area (Å²) in [5.74, 6) is 0.484. The Balaban J connectivity index is 1.77. The van der Waals surface area contributed by atoms with Crippen molar-refractivity contribution >= 4 is 10.0 Å². The van der Waals surface area contributed by atoms with Crippen LogP contribution in [0, 0.1) is 0 Å².